The minimum Gasteiger partial charge on any atom is -0.471 e. The maximum atomic E-state index is 13.4. The predicted octanol–water partition coefficient (Wildman–Crippen LogP) is 2.07. The number of anilines is 2. The number of primary sulfonamides is 1. The maximum absolute atomic E-state index is 13.4. The summed E-state index contributed by atoms with van der Waals surface area (Å²) >= 11 is 0. The van der Waals surface area contributed by atoms with Gasteiger partial charge in [-0.15, -0.1) is 0 Å². The molecule has 2 atom stereocenters. The summed E-state index contributed by atoms with van der Waals surface area (Å²) in [6.07, 6.45) is -5.00. The van der Waals surface area contributed by atoms with Crippen LogP contribution in [-0.2, 0) is 25.7 Å². The Kier molecular flexibility index (Phi) is 6.45. The van der Waals surface area contributed by atoms with Crippen LogP contribution in [0, 0.1) is 0 Å². The number of benzene rings is 1. The SMILES string of the molecule is COC1COCCC1Oc1nc(Nc2ccc(S(N)(=O)=O)cc2)ncc1C(F)(F)F. The first kappa shape index (κ1) is 22.2. The number of methoxy groups -OCH3 is 1. The summed E-state index contributed by atoms with van der Waals surface area (Å²) in [5.41, 5.74) is -0.784. The minimum absolute atomic E-state index is 0.115. The van der Waals surface area contributed by atoms with Crippen LogP contribution >= 0.6 is 0 Å². The monoisotopic (exact) mass is 448 g/mol. The Hall–Kier alpha value is -2.48. The Labute approximate surface area is 170 Å². The molecule has 0 bridgehead atoms. The van der Waals surface area contributed by atoms with Crippen molar-refractivity contribution in [1.82, 2.24) is 9.97 Å². The minimum atomic E-state index is -4.72. The van der Waals surface area contributed by atoms with Gasteiger partial charge < -0.3 is 19.5 Å². The highest BCUT2D eigenvalue weighted by Crippen LogP contribution is 2.36. The summed E-state index contributed by atoms with van der Waals surface area (Å²) in [6, 6.07) is 5.23. The molecule has 1 aromatic heterocycles. The van der Waals surface area contributed by atoms with E-state index in [0.29, 0.717) is 24.9 Å². The lowest BCUT2D eigenvalue weighted by atomic mass is 10.1. The Morgan fingerprint density at radius 1 is 1.23 bits per heavy atom. The lowest BCUT2D eigenvalue weighted by Crippen LogP contribution is -2.42. The normalized spacial score (nSPS) is 20.0. The number of hydrogen-bond acceptors (Lipinski definition) is 8. The van der Waals surface area contributed by atoms with E-state index in [0.717, 1.165) is 0 Å². The van der Waals surface area contributed by atoms with E-state index in [2.05, 4.69) is 15.3 Å². The van der Waals surface area contributed by atoms with Crippen molar-refractivity contribution in [3.8, 4) is 5.88 Å². The number of alkyl halides is 3. The van der Waals surface area contributed by atoms with E-state index in [1.165, 1.54) is 31.4 Å². The highest BCUT2D eigenvalue weighted by molar-refractivity contribution is 7.89. The molecule has 0 aliphatic carbocycles. The molecule has 13 heteroatoms. The van der Waals surface area contributed by atoms with Gasteiger partial charge in [-0.1, -0.05) is 0 Å². The van der Waals surface area contributed by atoms with Crippen molar-refractivity contribution in [3.63, 3.8) is 0 Å². The van der Waals surface area contributed by atoms with Crippen molar-refractivity contribution in [1.29, 1.82) is 0 Å². The van der Waals surface area contributed by atoms with Gasteiger partial charge in [0.05, 0.1) is 18.1 Å². The van der Waals surface area contributed by atoms with E-state index >= 15 is 0 Å². The first-order chi connectivity index (χ1) is 14.1. The fourth-order valence-corrected chi connectivity index (χ4v) is 3.27. The van der Waals surface area contributed by atoms with E-state index < -0.39 is 39.9 Å². The molecule has 2 aromatic rings. The molecule has 3 N–H and O–H groups in total. The molecule has 30 heavy (non-hydrogen) atoms. The zero-order valence-corrected chi connectivity index (χ0v) is 16.5. The molecule has 0 saturated carbocycles. The molecule has 3 rings (SSSR count). The van der Waals surface area contributed by atoms with Crippen molar-refractivity contribution in [2.45, 2.75) is 29.7 Å². The van der Waals surface area contributed by atoms with Crippen molar-refractivity contribution in [3.05, 3.63) is 36.0 Å². The molecule has 1 saturated heterocycles. The summed E-state index contributed by atoms with van der Waals surface area (Å²) in [7, 11) is -2.46. The number of nitrogens with zero attached hydrogens (tertiary/aromatic N) is 2. The lowest BCUT2D eigenvalue weighted by molar-refractivity contribution is -0.142. The third kappa shape index (κ3) is 5.36. The number of nitrogens with one attached hydrogen (secondary N) is 1. The van der Waals surface area contributed by atoms with Gasteiger partial charge in [0.15, 0.2) is 0 Å². The molecular weight excluding hydrogens is 429 g/mol. The van der Waals surface area contributed by atoms with E-state index in [9.17, 15) is 21.6 Å². The summed E-state index contributed by atoms with van der Waals surface area (Å²) in [4.78, 5) is 7.43. The topological polar surface area (TPSA) is 126 Å². The standard InChI is InChI=1S/C17H19F3N4O5S/c1-27-14-9-28-7-6-13(14)29-15-12(17(18,19)20)8-22-16(24-15)23-10-2-4-11(5-3-10)30(21,25)26/h2-5,8,13-14H,6-7,9H2,1H3,(H2,21,25,26)(H,22,23,24). The second kappa shape index (κ2) is 8.71. The second-order valence-electron chi connectivity index (χ2n) is 6.40. The molecule has 0 amide bonds. The van der Waals surface area contributed by atoms with Crippen LogP contribution in [0.3, 0.4) is 0 Å². The van der Waals surface area contributed by atoms with Crippen LogP contribution in [0.25, 0.3) is 0 Å². The molecule has 164 valence electrons. The van der Waals surface area contributed by atoms with E-state index in [-0.39, 0.29) is 17.5 Å². The third-order valence-electron chi connectivity index (χ3n) is 4.31. The van der Waals surface area contributed by atoms with Crippen LogP contribution in [0.15, 0.2) is 35.4 Å². The molecule has 1 aromatic carbocycles. The van der Waals surface area contributed by atoms with Crippen molar-refractivity contribution >= 4 is 21.7 Å². The van der Waals surface area contributed by atoms with E-state index in [4.69, 9.17) is 19.3 Å². The Bertz CT molecular complexity index is 986. The number of ether oxygens (including phenoxy) is 3. The quantitative estimate of drug-likeness (QED) is 0.688. The third-order valence-corrected chi connectivity index (χ3v) is 5.24. The smallest absolute Gasteiger partial charge is 0.423 e. The zero-order chi connectivity index (χ0) is 21.9. The lowest BCUT2D eigenvalue weighted by Gasteiger charge is -2.31. The first-order valence-electron chi connectivity index (χ1n) is 8.69. The number of hydrogen-bond donors (Lipinski definition) is 2. The summed E-state index contributed by atoms with van der Waals surface area (Å²) < 4.78 is 78.8. The van der Waals surface area contributed by atoms with Gasteiger partial charge in [-0.05, 0) is 24.3 Å². The highest BCUT2D eigenvalue weighted by Gasteiger charge is 2.38. The predicted molar refractivity (Wildman–Crippen MR) is 98.8 cm³/mol. The molecule has 2 heterocycles. The van der Waals surface area contributed by atoms with Gasteiger partial charge in [0.25, 0.3) is 0 Å². The van der Waals surface area contributed by atoms with Gasteiger partial charge in [-0.2, -0.15) is 18.2 Å². The number of sulfonamides is 1. The molecule has 0 radical (unpaired) electrons. The highest BCUT2D eigenvalue weighted by atomic mass is 32.2. The van der Waals surface area contributed by atoms with Crippen molar-refractivity contribution < 1.29 is 35.8 Å². The first-order valence-corrected chi connectivity index (χ1v) is 10.2. The van der Waals surface area contributed by atoms with Gasteiger partial charge >= 0.3 is 6.18 Å². The van der Waals surface area contributed by atoms with Crippen LogP contribution < -0.4 is 15.2 Å². The molecule has 2 unspecified atom stereocenters. The van der Waals surface area contributed by atoms with Gasteiger partial charge in [-0.25, -0.2) is 18.5 Å². The van der Waals surface area contributed by atoms with E-state index in [1.54, 1.807) is 0 Å². The largest absolute Gasteiger partial charge is 0.471 e. The molecule has 0 spiro atoms. The van der Waals surface area contributed by atoms with Gasteiger partial charge in [-0.3, -0.25) is 0 Å². The molecule has 1 fully saturated rings. The fourth-order valence-electron chi connectivity index (χ4n) is 2.76. The second-order valence-corrected chi connectivity index (χ2v) is 7.96. The van der Waals surface area contributed by atoms with Gasteiger partial charge in [0, 0.05) is 25.4 Å². The van der Waals surface area contributed by atoms with Crippen LogP contribution in [0.2, 0.25) is 0 Å². The zero-order valence-electron chi connectivity index (χ0n) is 15.7. The Morgan fingerprint density at radius 3 is 2.53 bits per heavy atom. The van der Waals surface area contributed by atoms with Crippen LogP contribution in [0.5, 0.6) is 5.88 Å². The molecule has 9 nitrogen and oxygen atoms in total. The van der Waals surface area contributed by atoms with Crippen molar-refractivity contribution in [2.24, 2.45) is 5.14 Å². The number of nitrogens with two attached hydrogens (primary N) is 1. The maximum Gasteiger partial charge on any atom is 0.423 e. The average molecular weight is 448 g/mol. The molecule has 1 aliphatic heterocycles. The Morgan fingerprint density at radius 2 is 1.93 bits per heavy atom. The molecular formula is C17H19F3N4O5S. The van der Waals surface area contributed by atoms with Crippen LogP contribution in [0.1, 0.15) is 12.0 Å². The van der Waals surface area contributed by atoms with Crippen LogP contribution in [-0.4, -0.2) is 50.9 Å². The van der Waals surface area contributed by atoms with Gasteiger partial charge in [0.2, 0.25) is 21.9 Å². The summed E-state index contributed by atoms with van der Waals surface area (Å²) in [5.74, 6) is -0.808. The van der Waals surface area contributed by atoms with E-state index in [1.807, 2.05) is 0 Å². The van der Waals surface area contributed by atoms with Crippen LogP contribution in [0.4, 0.5) is 24.8 Å². The van der Waals surface area contributed by atoms with Gasteiger partial charge in [0.1, 0.15) is 17.8 Å². The average Bonchev–Trinajstić information content (AvgIpc) is 2.67. The van der Waals surface area contributed by atoms with Crippen molar-refractivity contribution in [2.75, 3.05) is 25.6 Å². The number of rotatable bonds is 6. The summed E-state index contributed by atoms with van der Waals surface area (Å²) in [6.45, 7) is 0.508. The number of halogens is 3. The number of aromatic nitrogens is 2. The molecule has 1 aliphatic rings. The fraction of sp³-hybridized carbons (Fsp3) is 0.412. The summed E-state index contributed by atoms with van der Waals surface area (Å²) in [5, 5.41) is 7.74. The Balaban J connectivity index is 1.87.